The average Bonchev–Trinajstić information content (AvgIpc) is 3.22. The van der Waals surface area contributed by atoms with Crippen LogP contribution >= 0.6 is 11.6 Å². The number of amides is 1. The van der Waals surface area contributed by atoms with Gasteiger partial charge in [0, 0.05) is 10.6 Å². The lowest BCUT2D eigenvalue weighted by Crippen LogP contribution is -2.22. The lowest BCUT2D eigenvalue weighted by atomic mass is 9.95. The van der Waals surface area contributed by atoms with Crippen molar-refractivity contribution in [1.29, 1.82) is 0 Å². The van der Waals surface area contributed by atoms with Crippen molar-refractivity contribution >= 4 is 29.1 Å². The minimum Gasteiger partial charge on any atom is -0.406 e. The van der Waals surface area contributed by atoms with Crippen LogP contribution in [0.1, 0.15) is 43.2 Å². The van der Waals surface area contributed by atoms with E-state index in [1.807, 2.05) is 0 Å². The van der Waals surface area contributed by atoms with Crippen LogP contribution in [0.2, 0.25) is 5.02 Å². The van der Waals surface area contributed by atoms with Crippen molar-refractivity contribution in [2.24, 2.45) is 0 Å². The molecule has 0 bridgehead atoms. The first-order chi connectivity index (χ1) is 16.5. The van der Waals surface area contributed by atoms with Crippen LogP contribution in [0.25, 0.3) is 5.69 Å². The zero-order valence-corrected chi connectivity index (χ0v) is 19.8. The second-order valence-corrected chi connectivity index (χ2v) is 7.91. The standard InChI is InChI=1S/C23H22ClF3N4O4/c1-4-13-11-14(5-2)20(31(33)34)17(6-3)19(13)29-22(32)35-18-12-28-30(21(18)23(25,26)27)16-9-7-15(24)8-10-16/h7-12H,4-6H2,1-3H3,(H,29,32). The van der Waals surface area contributed by atoms with Crippen molar-refractivity contribution < 1.29 is 27.6 Å². The van der Waals surface area contributed by atoms with Gasteiger partial charge in [-0.05, 0) is 55.2 Å². The second-order valence-electron chi connectivity index (χ2n) is 7.47. The number of anilines is 1. The molecule has 1 aromatic heterocycles. The molecule has 35 heavy (non-hydrogen) atoms. The first-order valence-corrected chi connectivity index (χ1v) is 11.1. The van der Waals surface area contributed by atoms with Gasteiger partial charge in [0.1, 0.15) is 0 Å². The van der Waals surface area contributed by atoms with Crippen LogP contribution in [0.15, 0.2) is 36.5 Å². The van der Waals surface area contributed by atoms with Gasteiger partial charge in [0.05, 0.1) is 28.1 Å². The van der Waals surface area contributed by atoms with E-state index in [1.54, 1.807) is 26.8 Å². The fourth-order valence-electron chi connectivity index (χ4n) is 3.81. The number of hydrogen-bond donors (Lipinski definition) is 1. The first-order valence-electron chi connectivity index (χ1n) is 10.7. The van der Waals surface area contributed by atoms with Crippen molar-refractivity contribution in [2.45, 2.75) is 46.2 Å². The van der Waals surface area contributed by atoms with Gasteiger partial charge >= 0.3 is 12.3 Å². The number of rotatable bonds is 7. The maximum absolute atomic E-state index is 13.9. The molecule has 1 N–H and O–H groups in total. The highest BCUT2D eigenvalue weighted by atomic mass is 35.5. The fourth-order valence-corrected chi connectivity index (χ4v) is 3.93. The number of alkyl halides is 3. The van der Waals surface area contributed by atoms with Crippen LogP contribution in [-0.4, -0.2) is 20.8 Å². The lowest BCUT2D eigenvalue weighted by Gasteiger charge is -2.17. The van der Waals surface area contributed by atoms with E-state index in [4.69, 9.17) is 16.3 Å². The van der Waals surface area contributed by atoms with Crippen LogP contribution in [0.4, 0.5) is 29.3 Å². The summed E-state index contributed by atoms with van der Waals surface area (Å²) in [6, 6.07) is 7.09. The number of nitrogens with one attached hydrogen (secondary N) is 1. The van der Waals surface area contributed by atoms with Gasteiger partial charge in [0.15, 0.2) is 11.4 Å². The quantitative estimate of drug-likeness (QED) is 0.280. The molecule has 1 amide bonds. The smallest absolute Gasteiger partial charge is 0.406 e. The maximum Gasteiger partial charge on any atom is 0.437 e. The van der Waals surface area contributed by atoms with E-state index in [0.29, 0.717) is 33.7 Å². The summed E-state index contributed by atoms with van der Waals surface area (Å²) < 4.78 is 47.2. The topological polar surface area (TPSA) is 99.3 Å². The Labute approximate surface area is 203 Å². The minimum absolute atomic E-state index is 0.0595. The molecule has 12 heteroatoms. The Balaban J connectivity index is 2.01. The molecular weight excluding hydrogens is 489 g/mol. The summed E-state index contributed by atoms with van der Waals surface area (Å²) in [5.41, 5.74) is 0.172. The molecule has 3 rings (SSSR count). The summed E-state index contributed by atoms with van der Waals surface area (Å²) >= 11 is 5.81. The summed E-state index contributed by atoms with van der Waals surface area (Å²) in [4.78, 5) is 23.9. The number of carbonyl (C=O) groups excluding carboxylic acids is 1. The molecule has 0 aliphatic carbocycles. The highest BCUT2D eigenvalue weighted by molar-refractivity contribution is 6.30. The Morgan fingerprint density at radius 2 is 1.77 bits per heavy atom. The Morgan fingerprint density at radius 3 is 2.29 bits per heavy atom. The second kappa shape index (κ2) is 10.3. The van der Waals surface area contributed by atoms with Crippen molar-refractivity contribution in [3.05, 3.63) is 74.0 Å². The predicted octanol–water partition coefficient (Wildman–Crippen LogP) is 6.75. The van der Waals surface area contributed by atoms with E-state index in [0.717, 1.165) is 6.20 Å². The van der Waals surface area contributed by atoms with E-state index in [1.165, 1.54) is 24.3 Å². The number of halogens is 4. The molecule has 1 heterocycles. The molecule has 0 saturated carbocycles. The Kier molecular flexibility index (Phi) is 7.69. The van der Waals surface area contributed by atoms with Crippen LogP contribution < -0.4 is 10.1 Å². The summed E-state index contributed by atoms with van der Waals surface area (Å²) in [6.45, 7) is 5.27. The van der Waals surface area contributed by atoms with E-state index in [9.17, 15) is 28.1 Å². The molecule has 3 aromatic rings. The van der Waals surface area contributed by atoms with Gasteiger partial charge < -0.3 is 4.74 Å². The third-order valence-electron chi connectivity index (χ3n) is 5.36. The number of aromatic nitrogens is 2. The van der Waals surface area contributed by atoms with E-state index in [2.05, 4.69) is 10.4 Å². The molecule has 0 aliphatic heterocycles. The van der Waals surface area contributed by atoms with Crippen LogP contribution in [0.5, 0.6) is 5.75 Å². The number of nitro groups is 1. The molecule has 0 spiro atoms. The molecule has 0 aliphatic rings. The monoisotopic (exact) mass is 510 g/mol. The van der Waals surface area contributed by atoms with Crippen molar-refractivity contribution in [1.82, 2.24) is 9.78 Å². The molecule has 0 fully saturated rings. The van der Waals surface area contributed by atoms with Gasteiger partial charge in [-0.25, -0.2) is 9.48 Å². The number of benzene rings is 2. The Bertz CT molecular complexity index is 1260. The number of nitro benzene ring substituents is 1. The summed E-state index contributed by atoms with van der Waals surface area (Å²) in [7, 11) is 0. The number of hydrogen-bond acceptors (Lipinski definition) is 5. The zero-order valence-electron chi connectivity index (χ0n) is 19.1. The number of nitrogens with zero attached hydrogens (tertiary/aromatic N) is 3. The lowest BCUT2D eigenvalue weighted by molar-refractivity contribution is -0.386. The molecule has 0 atom stereocenters. The third-order valence-corrected chi connectivity index (χ3v) is 5.62. The van der Waals surface area contributed by atoms with E-state index >= 15 is 0 Å². The van der Waals surface area contributed by atoms with Crippen LogP contribution in [0, 0.1) is 10.1 Å². The molecule has 0 radical (unpaired) electrons. The Hall–Kier alpha value is -3.60. The number of aryl methyl sites for hydroxylation is 2. The largest absolute Gasteiger partial charge is 0.437 e. The molecule has 0 unspecified atom stereocenters. The molecular formula is C23H22ClF3N4O4. The van der Waals surface area contributed by atoms with Crippen molar-refractivity contribution in [3.63, 3.8) is 0 Å². The van der Waals surface area contributed by atoms with E-state index < -0.39 is 28.6 Å². The average molecular weight is 511 g/mol. The molecule has 186 valence electrons. The SMILES string of the molecule is CCc1cc(CC)c([N+](=O)[O-])c(CC)c1NC(=O)Oc1cnn(-c2ccc(Cl)cc2)c1C(F)(F)F. The van der Waals surface area contributed by atoms with Crippen molar-refractivity contribution in [2.75, 3.05) is 5.32 Å². The van der Waals surface area contributed by atoms with Crippen LogP contribution in [-0.2, 0) is 25.4 Å². The van der Waals surface area contributed by atoms with Gasteiger partial charge in [-0.15, -0.1) is 0 Å². The Morgan fingerprint density at radius 1 is 1.14 bits per heavy atom. The number of ether oxygens (including phenoxy) is 1. The third kappa shape index (κ3) is 5.40. The highest BCUT2D eigenvalue weighted by Gasteiger charge is 2.40. The van der Waals surface area contributed by atoms with Gasteiger partial charge in [-0.2, -0.15) is 18.3 Å². The molecule has 2 aromatic carbocycles. The number of carbonyl (C=O) groups is 1. The molecule has 8 nitrogen and oxygen atoms in total. The molecule has 0 saturated heterocycles. The van der Waals surface area contributed by atoms with Gasteiger partial charge in [-0.1, -0.05) is 32.4 Å². The van der Waals surface area contributed by atoms with Gasteiger partial charge in [0.25, 0.3) is 5.69 Å². The highest BCUT2D eigenvalue weighted by Crippen LogP contribution is 2.39. The summed E-state index contributed by atoms with van der Waals surface area (Å²) in [5, 5.41) is 18.2. The van der Waals surface area contributed by atoms with Gasteiger partial charge in [-0.3, -0.25) is 15.4 Å². The minimum atomic E-state index is -4.91. The van der Waals surface area contributed by atoms with Crippen LogP contribution in [0.3, 0.4) is 0 Å². The summed E-state index contributed by atoms with van der Waals surface area (Å²) in [6.07, 6.45) is -4.31. The van der Waals surface area contributed by atoms with E-state index in [-0.39, 0.29) is 29.0 Å². The normalized spacial score (nSPS) is 11.4. The van der Waals surface area contributed by atoms with Gasteiger partial charge in [0.2, 0.25) is 0 Å². The van der Waals surface area contributed by atoms with Crippen molar-refractivity contribution in [3.8, 4) is 11.4 Å². The predicted molar refractivity (Wildman–Crippen MR) is 124 cm³/mol. The zero-order chi connectivity index (χ0) is 25.9. The summed E-state index contributed by atoms with van der Waals surface area (Å²) in [5.74, 6) is -0.819. The fraction of sp³-hybridized carbons (Fsp3) is 0.304. The first kappa shape index (κ1) is 26.0. The maximum atomic E-state index is 13.9.